The van der Waals surface area contributed by atoms with Crippen LogP contribution in [0.4, 0.5) is 0 Å². The third-order valence-electron chi connectivity index (χ3n) is 9.03. The molecule has 1 aromatic carbocycles. The standard InChI is InChI=1S/C18H21N5O2S.C9H10N4O2S.C8H7N3OS.C6H7ClN2O2S/c1-13(15-10-26-18(22-15)23-7-6-20-11-23)21-5-4-19-9-14-2-3-16-17(8-14)25-12-24-16;1-12(15-2)8(14)7-5-16-9(11-7)13-4-3-10-6-13;1-6(12)7-4-13-8(10-7)11-3-2-9-5-11;1-9(11-2)5(10)4-3-12-6(7)8-4/h2-3,6-8,10-11,13,19,21H,4-5,9,12H2,1H3;3-6H,1-2H3;2-5H,1H3;3H,1-2H3. The minimum absolute atomic E-state index is 0.0115. The van der Waals surface area contributed by atoms with Crippen molar-refractivity contribution < 1.29 is 33.5 Å². The Morgan fingerprint density at radius 1 is 0.731 bits per heavy atom. The van der Waals surface area contributed by atoms with E-state index in [1.165, 1.54) is 67.8 Å². The van der Waals surface area contributed by atoms with Crippen molar-refractivity contribution in [1.82, 2.24) is 69.3 Å². The number of rotatable bonds is 15. The summed E-state index contributed by atoms with van der Waals surface area (Å²) in [7, 11) is 5.89. The number of hydrogen-bond acceptors (Lipinski definition) is 20. The van der Waals surface area contributed by atoms with Crippen LogP contribution in [0, 0.1) is 0 Å². The molecule has 26 heteroatoms. The molecule has 67 heavy (non-hydrogen) atoms. The highest BCUT2D eigenvalue weighted by Gasteiger charge is 2.17. The first-order valence-electron chi connectivity index (χ1n) is 19.8. The molecule has 0 saturated heterocycles. The van der Waals surface area contributed by atoms with Crippen molar-refractivity contribution in [2.24, 2.45) is 0 Å². The van der Waals surface area contributed by atoms with Crippen LogP contribution >= 0.6 is 56.9 Å². The van der Waals surface area contributed by atoms with Crippen LogP contribution in [-0.4, -0.2) is 125 Å². The molecule has 1 aliphatic rings. The van der Waals surface area contributed by atoms with Gasteiger partial charge in [-0.25, -0.2) is 45.0 Å². The van der Waals surface area contributed by atoms with Crippen LogP contribution in [0.3, 0.4) is 0 Å². The predicted molar refractivity (Wildman–Crippen MR) is 254 cm³/mol. The lowest BCUT2D eigenvalue weighted by Gasteiger charge is -2.12. The fourth-order valence-electron chi connectivity index (χ4n) is 5.34. The van der Waals surface area contributed by atoms with Crippen molar-refractivity contribution in [1.29, 1.82) is 0 Å². The molecule has 1 aliphatic heterocycles. The molecule has 2 N–H and O–H groups in total. The Bertz CT molecular complexity index is 2760. The zero-order chi connectivity index (χ0) is 47.7. The van der Waals surface area contributed by atoms with Crippen LogP contribution in [0.25, 0.3) is 15.4 Å². The van der Waals surface area contributed by atoms with E-state index in [2.05, 4.69) is 68.7 Å². The molecule has 9 rings (SSSR count). The quantitative estimate of drug-likeness (QED) is 0.0642. The first-order valence-corrected chi connectivity index (χ1v) is 23.7. The lowest BCUT2D eigenvalue weighted by atomic mass is 10.2. The second-order valence-electron chi connectivity index (χ2n) is 13.5. The monoisotopic (exact) mass is 1010 g/mol. The van der Waals surface area contributed by atoms with Gasteiger partial charge in [-0.05, 0) is 24.6 Å². The summed E-state index contributed by atoms with van der Waals surface area (Å²) >= 11 is 11.2. The van der Waals surface area contributed by atoms with Crippen LogP contribution in [-0.2, 0) is 16.2 Å². The summed E-state index contributed by atoms with van der Waals surface area (Å²) in [5.74, 6) is 1.06. The lowest BCUT2D eigenvalue weighted by molar-refractivity contribution is -0.0760. The SMILES string of the molecule is CC(=O)c1csc(-n2ccnc2)n1.CC(NCCNCc1ccc2c(c1)OCO2)c1csc(-n2ccnc2)n1.CON(C)C(=O)c1csc(-n2ccnc2)n1.CON(C)C(=O)c1csc(Cl)n1. The highest BCUT2D eigenvalue weighted by atomic mass is 35.5. The molecule has 8 aromatic rings. The van der Waals surface area contributed by atoms with Crippen LogP contribution in [0.2, 0.25) is 4.47 Å². The average molecular weight is 1010 g/mol. The minimum Gasteiger partial charge on any atom is -0.454 e. The Labute approximate surface area is 405 Å². The summed E-state index contributed by atoms with van der Waals surface area (Å²) in [4.78, 5) is 72.0. The van der Waals surface area contributed by atoms with Gasteiger partial charge in [0.05, 0.1) is 19.9 Å². The number of carbonyl (C=O) groups is 3. The van der Waals surface area contributed by atoms with Gasteiger partial charge in [0.15, 0.2) is 37.1 Å². The highest BCUT2D eigenvalue weighted by molar-refractivity contribution is 7.14. The fourth-order valence-corrected chi connectivity index (χ4v) is 8.52. The largest absolute Gasteiger partial charge is 0.454 e. The van der Waals surface area contributed by atoms with E-state index in [-0.39, 0.29) is 23.6 Å². The maximum atomic E-state index is 11.7. The Kier molecular flexibility index (Phi) is 18.7. The second-order valence-corrected chi connectivity index (χ2v) is 17.5. The average Bonchev–Trinajstić information content (AvgIpc) is 4.18. The van der Waals surface area contributed by atoms with Crippen LogP contribution in [0.5, 0.6) is 11.5 Å². The van der Waals surface area contributed by atoms with Gasteiger partial charge in [0.1, 0.15) is 36.1 Å². The summed E-state index contributed by atoms with van der Waals surface area (Å²) in [5.41, 5.74) is 3.40. The zero-order valence-corrected chi connectivity index (χ0v) is 40.9. The Hall–Kier alpha value is -6.29. The highest BCUT2D eigenvalue weighted by Crippen LogP contribution is 2.32. The number of halogens is 1. The van der Waals surface area contributed by atoms with Crippen LogP contribution in [0.1, 0.15) is 62.6 Å². The molecule has 21 nitrogen and oxygen atoms in total. The molecule has 8 heterocycles. The fraction of sp³-hybridized carbons (Fsp3) is 0.268. The van der Waals surface area contributed by atoms with Gasteiger partial charge in [-0.1, -0.05) is 17.7 Å². The zero-order valence-electron chi connectivity index (χ0n) is 36.9. The van der Waals surface area contributed by atoms with E-state index in [1.54, 1.807) is 93.6 Å². The summed E-state index contributed by atoms with van der Waals surface area (Å²) in [6.07, 6.45) is 15.6. The van der Waals surface area contributed by atoms with E-state index in [1.807, 2.05) is 22.9 Å². The molecule has 0 bridgehead atoms. The molecular weight excluding hydrogens is 964 g/mol. The van der Waals surface area contributed by atoms with E-state index in [9.17, 15) is 14.4 Å². The van der Waals surface area contributed by atoms with Crippen molar-refractivity contribution in [3.8, 4) is 26.9 Å². The number of ether oxygens (including phenoxy) is 2. The van der Waals surface area contributed by atoms with Crippen molar-refractivity contribution in [2.75, 3.05) is 48.2 Å². The topological polar surface area (TPSA) is 224 Å². The first-order chi connectivity index (χ1) is 32.4. The van der Waals surface area contributed by atoms with E-state index < -0.39 is 0 Å². The second kappa shape index (κ2) is 25.0. The van der Waals surface area contributed by atoms with Crippen LogP contribution < -0.4 is 20.1 Å². The maximum absolute atomic E-state index is 11.7. The molecule has 0 spiro atoms. The minimum atomic E-state index is -0.305. The van der Waals surface area contributed by atoms with E-state index >= 15 is 0 Å². The molecule has 1 atom stereocenters. The van der Waals surface area contributed by atoms with Gasteiger partial charge in [0.2, 0.25) is 6.79 Å². The molecule has 7 aromatic heterocycles. The number of Topliss-reactive ketones (excluding diaryl/α,β-unsaturated/α-hetero) is 1. The summed E-state index contributed by atoms with van der Waals surface area (Å²) in [5, 5.41) is 18.7. The van der Waals surface area contributed by atoms with Gasteiger partial charge in [-0.2, -0.15) is 0 Å². The maximum Gasteiger partial charge on any atom is 0.296 e. The Morgan fingerprint density at radius 3 is 1.78 bits per heavy atom. The number of nitrogens with zero attached hydrogens (tertiary/aromatic N) is 12. The molecule has 2 amide bonds. The van der Waals surface area contributed by atoms with Gasteiger partial charge in [0.25, 0.3) is 11.8 Å². The third-order valence-corrected chi connectivity index (χ3v) is 12.6. The Balaban J connectivity index is 0.000000156. The number of nitrogens with one attached hydrogen (secondary N) is 2. The third kappa shape index (κ3) is 14.4. The summed E-state index contributed by atoms with van der Waals surface area (Å²) < 4.78 is 16.5. The molecule has 1 unspecified atom stereocenters. The van der Waals surface area contributed by atoms with E-state index in [0.29, 0.717) is 33.5 Å². The number of benzene rings is 1. The van der Waals surface area contributed by atoms with Crippen molar-refractivity contribution >= 4 is 74.5 Å². The number of hydrogen-bond donors (Lipinski definition) is 2. The number of ketones is 1. The van der Waals surface area contributed by atoms with Crippen LogP contribution in [0.15, 0.2) is 95.9 Å². The number of thiazole rings is 4. The van der Waals surface area contributed by atoms with Crippen molar-refractivity contribution in [2.45, 2.75) is 26.4 Å². The van der Waals surface area contributed by atoms with Crippen molar-refractivity contribution in [3.63, 3.8) is 0 Å². The van der Waals surface area contributed by atoms with Gasteiger partial charge in [-0.3, -0.25) is 37.8 Å². The van der Waals surface area contributed by atoms with Crippen molar-refractivity contribution in [3.05, 3.63) is 129 Å². The normalized spacial score (nSPS) is 11.6. The van der Waals surface area contributed by atoms with E-state index in [4.69, 9.17) is 25.9 Å². The molecule has 0 fully saturated rings. The predicted octanol–water partition coefficient (Wildman–Crippen LogP) is 6.42. The summed E-state index contributed by atoms with van der Waals surface area (Å²) in [6, 6.07) is 6.25. The smallest absolute Gasteiger partial charge is 0.296 e. The molecular formula is C41H45ClN14O7S4. The number of hydroxylamine groups is 4. The number of amides is 2. The number of aromatic nitrogens is 10. The first kappa shape index (κ1) is 50.1. The van der Waals surface area contributed by atoms with Gasteiger partial charge >= 0.3 is 0 Å². The molecule has 0 saturated carbocycles. The van der Waals surface area contributed by atoms with Gasteiger partial charge in [0, 0.05) is 105 Å². The number of imidazole rings is 3. The Morgan fingerprint density at radius 2 is 1.25 bits per heavy atom. The molecule has 0 aliphatic carbocycles. The van der Waals surface area contributed by atoms with E-state index in [0.717, 1.165) is 57.2 Å². The van der Waals surface area contributed by atoms with Gasteiger partial charge < -0.3 is 20.1 Å². The summed E-state index contributed by atoms with van der Waals surface area (Å²) in [6.45, 7) is 6.49. The van der Waals surface area contributed by atoms with Gasteiger partial charge in [-0.15, -0.1) is 45.3 Å². The molecule has 352 valence electrons. The molecule has 0 radical (unpaired) electrons. The number of fused-ring (bicyclic) bond motifs is 1. The lowest BCUT2D eigenvalue weighted by Crippen LogP contribution is -2.29. The number of carbonyl (C=O) groups excluding carboxylic acids is 3.